The third-order valence-corrected chi connectivity index (χ3v) is 4.38. The molecule has 0 spiro atoms. The van der Waals surface area contributed by atoms with Crippen molar-refractivity contribution in [2.45, 2.75) is 52.6 Å². The van der Waals surface area contributed by atoms with Crippen LogP contribution in [0.15, 0.2) is 36.4 Å². The summed E-state index contributed by atoms with van der Waals surface area (Å²) >= 11 is 0. The Labute approximate surface area is 150 Å². The number of anilines is 1. The van der Waals surface area contributed by atoms with E-state index in [9.17, 15) is 4.79 Å². The van der Waals surface area contributed by atoms with Crippen LogP contribution >= 0.6 is 0 Å². The van der Waals surface area contributed by atoms with Gasteiger partial charge in [-0.1, -0.05) is 44.0 Å². The van der Waals surface area contributed by atoms with Gasteiger partial charge >= 0.3 is 0 Å². The molecule has 0 aliphatic carbocycles. The standard InChI is InChI=1S/C21H29NO3/c1-5-8-15-21(4,25-7-3)20(23)22-18-13-14-19(24-6-2)17-12-10-9-11-16(17)18/h9-14H,5-8,15H2,1-4H3,(H,22,23)/t21-/m0/s1. The van der Waals surface area contributed by atoms with Crippen molar-refractivity contribution in [2.75, 3.05) is 18.5 Å². The second kappa shape index (κ2) is 8.86. The van der Waals surface area contributed by atoms with Gasteiger partial charge in [-0.3, -0.25) is 4.79 Å². The molecule has 0 aromatic heterocycles. The van der Waals surface area contributed by atoms with Gasteiger partial charge in [0.1, 0.15) is 11.4 Å². The van der Waals surface area contributed by atoms with E-state index < -0.39 is 5.60 Å². The first-order chi connectivity index (χ1) is 12.1. The quantitative estimate of drug-likeness (QED) is 0.684. The number of hydrogen-bond acceptors (Lipinski definition) is 3. The van der Waals surface area contributed by atoms with Gasteiger partial charge in [0.25, 0.3) is 5.91 Å². The second-order valence-corrected chi connectivity index (χ2v) is 6.31. The molecular formula is C21H29NO3. The Morgan fingerprint density at radius 2 is 1.76 bits per heavy atom. The molecule has 0 bridgehead atoms. The fraction of sp³-hybridized carbons (Fsp3) is 0.476. The lowest BCUT2D eigenvalue weighted by molar-refractivity contribution is -0.139. The summed E-state index contributed by atoms with van der Waals surface area (Å²) in [5.41, 5.74) is -0.0312. The van der Waals surface area contributed by atoms with Crippen LogP contribution in [0.5, 0.6) is 5.75 Å². The summed E-state index contributed by atoms with van der Waals surface area (Å²) in [5, 5.41) is 5.03. The number of unbranched alkanes of at least 4 members (excludes halogenated alkanes) is 1. The van der Waals surface area contributed by atoms with E-state index in [1.807, 2.05) is 57.2 Å². The van der Waals surface area contributed by atoms with E-state index in [1.165, 1.54) is 0 Å². The molecule has 4 heteroatoms. The van der Waals surface area contributed by atoms with Crippen molar-refractivity contribution in [1.82, 2.24) is 0 Å². The lowest BCUT2D eigenvalue weighted by Crippen LogP contribution is -2.42. The third kappa shape index (κ3) is 4.51. The monoisotopic (exact) mass is 343 g/mol. The number of rotatable bonds is 9. The van der Waals surface area contributed by atoms with Gasteiger partial charge in [-0.15, -0.1) is 0 Å². The highest BCUT2D eigenvalue weighted by atomic mass is 16.5. The number of ether oxygens (including phenoxy) is 2. The fourth-order valence-electron chi connectivity index (χ4n) is 3.00. The van der Waals surface area contributed by atoms with Gasteiger partial charge in [-0.25, -0.2) is 0 Å². The van der Waals surface area contributed by atoms with Gasteiger partial charge in [0.15, 0.2) is 0 Å². The van der Waals surface area contributed by atoms with Gasteiger partial charge in [-0.2, -0.15) is 0 Å². The molecule has 0 saturated carbocycles. The molecule has 2 aromatic rings. The lowest BCUT2D eigenvalue weighted by atomic mass is 9.97. The number of fused-ring (bicyclic) bond motifs is 1. The maximum atomic E-state index is 12.9. The maximum Gasteiger partial charge on any atom is 0.256 e. The zero-order chi connectivity index (χ0) is 18.3. The molecule has 1 amide bonds. The Kier molecular flexibility index (Phi) is 6.82. The minimum absolute atomic E-state index is 0.0999. The minimum Gasteiger partial charge on any atom is -0.493 e. The van der Waals surface area contributed by atoms with Crippen LogP contribution in [0.2, 0.25) is 0 Å². The van der Waals surface area contributed by atoms with Crippen molar-refractivity contribution in [2.24, 2.45) is 0 Å². The molecule has 1 N–H and O–H groups in total. The van der Waals surface area contributed by atoms with E-state index in [-0.39, 0.29) is 5.91 Å². The molecule has 2 rings (SSSR count). The zero-order valence-electron chi connectivity index (χ0n) is 15.7. The Balaban J connectivity index is 2.32. The topological polar surface area (TPSA) is 47.6 Å². The second-order valence-electron chi connectivity index (χ2n) is 6.31. The van der Waals surface area contributed by atoms with Gasteiger partial charge in [0.05, 0.1) is 6.61 Å². The van der Waals surface area contributed by atoms with Crippen molar-refractivity contribution in [1.29, 1.82) is 0 Å². The summed E-state index contributed by atoms with van der Waals surface area (Å²) < 4.78 is 11.5. The highest BCUT2D eigenvalue weighted by molar-refractivity contribution is 6.06. The average Bonchev–Trinajstić information content (AvgIpc) is 2.62. The molecule has 0 aliphatic rings. The summed E-state index contributed by atoms with van der Waals surface area (Å²) in [4.78, 5) is 12.9. The summed E-state index contributed by atoms with van der Waals surface area (Å²) in [7, 11) is 0. The highest BCUT2D eigenvalue weighted by Gasteiger charge is 2.33. The number of carbonyl (C=O) groups is 1. The zero-order valence-corrected chi connectivity index (χ0v) is 15.7. The summed E-state index contributed by atoms with van der Waals surface area (Å²) in [5.74, 6) is 0.728. The van der Waals surface area contributed by atoms with Gasteiger partial charge < -0.3 is 14.8 Å². The molecule has 0 unspecified atom stereocenters. The largest absolute Gasteiger partial charge is 0.493 e. The fourth-order valence-corrected chi connectivity index (χ4v) is 3.00. The van der Waals surface area contributed by atoms with Crippen LogP contribution in [0.25, 0.3) is 10.8 Å². The van der Waals surface area contributed by atoms with Crippen LogP contribution in [0.1, 0.15) is 47.0 Å². The van der Waals surface area contributed by atoms with Crippen LogP contribution in [0, 0.1) is 0 Å². The number of carbonyl (C=O) groups excluding carboxylic acids is 1. The van der Waals surface area contributed by atoms with Gasteiger partial charge in [0.2, 0.25) is 0 Å². The van der Waals surface area contributed by atoms with Crippen molar-refractivity contribution in [3.05, 3.63) is 36.4 Å². The Morgan fingerprint density at radius 3 is 2.40 bits per heavy atom. The van der Waals surface area contributed by atoms with Crippen LogP contribution < -0.4 is 10.1 Å². The Morgan fingerprint density at radius 1 is 1.04 bits per heavy atom. The van der Waals surface area contributed by atoms with Gasteiger partial charge in [0, 0.05) is 23.1 Å². The average molecular weight is 343 g/mol. The predicted octanol–water partition coefficient (Wildman–Crippen LogP) is 5.16. The smallest absolute Gasteiger partial charge is 0.256 e. The minimum atomic E-state index is -0.815. The lowest BCUT2D eigenvalue weighted by Gasteiger charge is -2.28. The third-order valence-electron chi connectivity index (χ3n) is 4.38. The Hall–Kier alpha value is -2.07. The van der Waals surface area contributed by atoms with E-state index in [0.29, 0.717) is 19.6 Å². The number of nitrogens with one attached hydrogen (secondary N) is 1. The van der Waals surface area contributed by atoms with E-state index in [0.717, 1.165) is 35.1 Å². The highest BCUT2D eigenvalue weighted by Crippen LogP contribution is 2.32. The SMILES string of the molecule is CCCC[C@](C)(OCC)C(=O)Nc1ccc(OCC)c2ccccc12. The molecule has 0 heterocycles. The molecule has 25 heavy (non-hydrogen) atoms. The van der Waals surface area contributed by atoms with E-state index in [1.54, 1.807) is 0 Å². The molecule has 0 radical (unpaired) electrons. The predicted molar refractivity (Wildman–Crippen MR) is 103 cm³/mol. The molecule has 1 atom stereocenters. The Bertz CT molecular complexity index is 713. The van der Waals surface area contributed by atoms with Crippen LogP contribution in [-0.4, -0.2) is 24.7 Å². The molecule has 4 nitrogen and oxygen atoms in total. The first kappa shape index (κ1) is 19.3. The summed E-state index contributed by atoms with van der Waals surface area (Å²) in [6.45, 7) is 8.99. The molecule has 0 saturated heterocycles. The van der Waals surface area contributed by atoms with E-state index >= 15 is 0 Å². The van der Waals surface area contributed by atoms with Crippen LogP contribution in [0.4, 0.5) is 5.69 Å². The molecular weight excluding hydrogens is 314 g/mol. The van der Waals surface area contributed by atoms with Crippen LogP contribution in [0.3, 0.4) is 0 Å². The summed E-state index contributed by atoms with van der Waals surface area (Å²) in [6.07, 6.45) is 2.69. The molecule has 0 fully saturated rings. The maximum absolute atomic E-state index is 12.9. The van der Waals surface area contributed by atoms with Crippen molar-refractivity contribution in [3.63, 3.8) is 0 Å². The molecule has 136 valence electrons. The molecule has 0 aliphatic heterocycles. The number of hydrogen-bond donors (Lipinski definition) is 1. The number of amides is 1. The van der Waals surface area contributed by atoms with Crippen LogP contribution in [-0.2, 0) is 9.53 Å². The van der Waals surface area contributed by atoms with E-state index in [2.05, 4.69) is 12.2 Å². The van der Waals surface area contributed by atoms with E-state index in [4.69, 9.17) is 9.47 Å². The summed E-state index contributed by atoms with van der Waals surface area (Å²) in [6, 6.07) is 11.8. The normalized spacial score (nSPS) is 13.4. The molecule has 2 aromatic carbocycles. The number of benzene rings is 2. The van der Waals surface area contributed by atoms with Crippen molar-refractivity contribution >= 4 is 22.4 Å². The van der Waals surface area contributed by atoms with Gasteiger partial charge in [-0.05, 0) is 39.3 Å². The van der Waals surface area contributed by atoms with Crippen molar-refractivity contribution < 1.29 is 14.3 Å². The first-order valence-corrected chi connectivity index (χ1v) is 9.15. The first-order valence-electron chi connectivity index (χ1n) is 9.15. The van der Waals surface area contributed by atoms with Crippen molar-refractivity contribution in [3.8, 4) is 5.75 Å².